The molecule has 0 aromatic heterocycles. The fraction of sp³-hybridized carbons (Fsp3) is 0.952. The van der Waals surface area contributed by atoms with Gasteiger partial charge in [0.05, 0.1) is 31.5 Å². The Morgan fingerprint density at radius 2 is 1.18 bits per heavy atom. The van der Waals surface area contributed by atoms with Crippen LogP contribution in [0.25, 0.3) is 0 Å². The summed E-state index contributed by atoms with van der Waals surface area (Å²) in [6.45, 7) is 17.0. The standard InChI is InChI=1S/C42H70O13/c1-37(2)13-14-39(5)21(15-37)20-9-10-25-40(6)12-11-26(54-35-32(50)30(48)28(46)23(18-43)52-35)38(3,4)34(40)22(45)16-42(25,8)41(20,7)17-27(39)55-36-33(51)31(49)29(47)24(19-44)53-36/h9,21-36,43-51H,10-19H2,1-8H3. The fourth-order valence-corrected chi connectivity index (χ4v) is 13.8. The van der Waals surface area contributed by atoms with Gasteiger partial charge in [0.25, 0.3) is 0 Å². The van der Waals surface area contributed by atoms with Crippen molar-refractivity contribution in [3.05, 3.63) is 11.6 Å². The van der Waals surface area contributed by atoms with Gasteiger partial charge in [-0.15, -0.1) is 0 Å². The van der Waals surface area contributed by atoms with Crippen LogP contribution in [0.15, 0.2) is 11.6 Å². The molecule has 13 nitrogen and oxygen atoms in total. The van der Waals surface area contributed by atoms with E-state index in [1.54, 1.807) is 0 Å². The summed E-state index contributed by atoms with van der Waals surface area (Å²) in [4.78, 5) is 0. The minimum atomic E-state index is -1.54. The molecule has 13 heteroatoms. The molecule has 0 radical (unpaired) electrons. The van der Waals surface area contributed by atoms with Crippen molar-refractivity contribution in [2.45, 2.75) is 186 Å². The molecule has 0 bridgehead atoms. The number of allylic oxidation sites excluding steroid dienone is 2. The van der Waals surface area contributed by atoms with E-state index in [9.17, 15) is 46.0 Å². The molecule has 0 aromatic rings. The van der Waals surface area contributed by atoms with E-state index >= 15 is 0 Å². The molecule has 2 aliphatic heterocycles. The lowest BCUT2D eigenvalue weighted by Crippen LogP contribution is -2.70. The van der Waals surface area contributed by atoms with Gasteiger partial charge in [-0.3, -0.25) is 0 Å². The van der Waals surface area contributed by atoms with Crippen LogP contribution >= 0.6 is 0 Å². The molecule has 2 saturated heterocycles. The summed E-state index contributed by atoms with van der Waals surface area (Å²) in [5, 5.41) is 96.4. The van der Waals surface area contributed by atoms with Gasteiger partial charge in [0.2, 0.25) is 0 Å². The second kappa shape index (κ2) is 14.2. The summed E-state index contributed by atoms with van der Waals surface area (Å²) >= 11 is 0. The van der Waals surface area contributed by atoms with Crippen LogP contribution in [0.3, 0.4) is 0 Å². The highest BCUT2D eigenvalue weighted by Crippen LogP contribution is 2.76. The van der Waals surface area contributed by atoms with Crippen molar-refractivity contribution in [3.63, 3.8) is 0 Å². The molecule has 7 aliphatic rings. The number of aliphatic hydroxyl groups excluding tert-OH is 9. The van der Waals surface area contributed by atoms with Gasteiger partial charge in [-0.25, -0.2) is 0 Å². The lowest BCUT2D eigenvalue weighted by Gasteiger charge is -2.73. The van der Waals surface area contributed by atoms with Gasteiger partial charge in [-0.1, -0.05) is 67.0 Å². The third-order valence-corrected chi connectivity index (χ3v) is 17.2. The van der Waals surface area contributed by atoms with Gasteiger partial charge in [0.15, 0.2) is 12.6 Å². The molecule has 5 aliphatic carbocycles. The van der Waals surface area contributed by atoms with E-state index in [1.165, 1.54) is 5.57 Å². The van der Waals surface area contributed by atoms with Crippen LogP contribution < -0.4 is 0 Å². The van der Waals surface area contributed by atoms with E-state index in [1.807, 2.05) is 0 Å². The predicted octanol–water partition coefficient (Wildman–Crippen LogP) is 1.76. The van der Waals surface area contributed by atoms with E-state index in [0.717, 1.165) is 32.1 Å². The van der Waals surface area contributed by atoms with E-state index in [2.05, 4.69) is 61.5 Å². The first-order chi connectivity index (χ1) is 25.5. The van der Waals surface area contributed by atoms with Gasteiger partial charge in [0.1, 0.15) is 48.8 Å². The first kappa shape index (κ1) is 42.3. The lowest BCUT2D eigenvalue weighted by atomic mass is 9.33. The van der Waals surface area contributed by atoms with E-state index in [-0.39, 0.29) is 39.4 Å². The second-order valence-electron chi connectivity index (χ2n) is 21.1. The van der Waals surface area contributed by atoms with Crippen LogP contribution in [0.1, 0.15) is 107 Å². The van der Waals surface area contributed by atoms with Crippen molar-refractivity contribution in [2.75, 3.05) is 13.2 Å². The predicted molar refractivity (Wildman–Crippen MR) is 199 cm³/mol. The third-order valence-electron chi connectivity index (χ3n) is 17.2. The fourth-order valence-electron chi connectivity index (χ4n) is 13.8. The molecule has 316 valence electrons. The van der Waals surface area contributed by atoms with Crippen molar-refractivity contribution >= 4 is 0 Å². The molecule has 9 N–H and O–H groups in total. The highest BCUT2D eigenvalue weighted by atomic mass is 16.7. The van der Waals surface area contributed by atoms with Gasteiger partial charge in [-0.05, 0) is 96.2 Å². The molecule has 55 heavy (non-hydrogen) atoms. The monoisotopic (exact) mass is 782 g/mol. The Labute approximate surface area is 326 Å². The van der Waals surface area contributed by atoms with Crippen LogP contribution in [0, 0.1) is 50.2 Å². The molecule has 7 rings (SSSR count). The van der Waals surface area contributed by atoms with Gasteiger partial charge >= 0.3 is 0 Å². The summed E-state index contributed by atoms with van der Waals surface area (Å²) in [6.07, 6.45) is -6.57. The van der Waals surface area contributed by atoms with Gasteiger partial charge < -0.3 is 64.9 Å². The first-order valence-electron chi connectivity index (χ1n) is 20.8. The topological polar surface area (TPSA) is 219 Å². The smallest absolute Gasteiger partial charge is 0.186 e. The quantitative estimate of drug-likeness (QED) is 0.139. The number of rotatable bonds is 6. The normalized spacial score (nSPS) is 56.0. The van der Waals surface area contributed by atoms with Crippen LogP contribution in [0.4, 0.5) is 0 Å². The average Bonchev–Trinajstić information content (AvgIpc) is 3.10. The molecule has 0 amide bonds. The van der Waals surface area contributed by atoms with Crippen molar-refractivity contribution in [2.24, 2.45) is 50.2 Å². The molecular formula is C42H70O13. The largest absolute Gasteiger partial charge is 0.394 e. The van der Waals surface area contributed by atoms with Crippen molar-refractivity contribution in [3.8, 4) is 0 Å². The number of ether oxygens (including phenoxy) is 4. The number of hydrogen-bond acceptors (Lipinski definition) is 13. The van der Waals surface area contributed by atoms with Gasteiger partial charge in [-0.2, -0.15) is 0 Å². The minimum Gasteiger partial charge on any atom is -0.394 e. The summed E-state index contributed by atoms with van der Waals surface area (Å²) in [5.41, 5.74) is -0.520. The van der Waals surface area contributed by atoms with Crippen LogP contribution in [-0.2, 0) is 18.9 Å². The van der Waals surface area contributed by atoms with E-state index < -0.39 is 104 Å². The van der Waals surface area contributed by atoms with Gasteiger partial charge in [0, 0.05) is 5.41 Å². The zero-order valence-electron chi connectivity index (χ0n) is 34.0. The van der Waals surface area contributed by atoms with Crippen molar-refractivity contribution < 1.29 is 64.9 Å². The Morgan fingerprint density at radius 3 is 1.73 bits per heavy atom. The average molecular weight is 783 g/mol. The SMILES string of the molecule is CC1(C)CCC2(C)C(OC3OC(CO)C(O)C(O)C3O)CC3(C)C(=CCC4C5(C)CCC(OC6OC(CO)C(O)C(O)C6O)C(C)(C)C5C(O)CC43C)C2C1. The summed E-state index contributed by atoms with van der Waals surface area (Å²) in [7, 11) is 0. The molecule has 0 aromatic carbocycles. The Kier molecular flexibility index (Phi) is 10.9. The third kappa shape index (κ3) is 6.27. The summed E-state index contributed by atoms with van der Waals surface area (Å²) in [6, 6.07) is 0. The highest BCUT2D eigenvalue weighted by molar-refractivity contribution is 5.35. The summed E-state index contributed by atoms with van der Waals surface area (Å²) < 4.78 is 25.0. The maximum atomic E-state index is 12.6. The zero-order valence-corrected chi connectivity index (χ0v) is 34.0. The molecule has 0 spiro atoms. The maximum absolute atomic E-state index is 12.6. The molecular weight excluding hydrogens is 712 g/mol. The number of fused-ring (bicyclic) bond motifs is 7. The van der Waals surface area contributed by atoms with Crippen LogP contribution in [0.2, 0.25) is 0 Å². The van der Waals surface area contributed by atoms with E-state index in [4.69, 9.17) is 18.9 Å². The number of aliphatic hydroxyl groups is 9. The van der Waals surface area contributed by atoms with Crippen LogP contribution in [-0.4, -0.2) is 139 Å². The second-order valence-corrected chi connectivity index (χ2v) is 21.1. The molecule has 20 unspecified atom stereocenters. The number of hydrogen-bond donors (Lipinski definition) is 9. The summed E-state index contributed by atoms with van der Waals surface area (Å²) in [5.74, 6) is 0.136. The first-order valence-corrected chi connectivity index (χ1v) is 20.8. The van der Waals surface area contributed by atoms with Crippen molar-refractivity contribution in [1.82, 2.24) is 0 Å². The lowest BCUT2D eigenvalue weighted by molar-refractivity contribution is -0.338. The Balaban J connectivity index is 1.22. The Hall–Kier alpha value is -0.780. The molecule has 2 heterocycles. The van der Waals surface area contributed by atoms with E-state index in [0.29, 0.717) is 19.3 Å². The molecule has 4 saturated carbocycles. The van der Waals surface area contributed by atoms with Crippen LogP contribution in [0.5, 0.6) is 0 Å². The Bertz CT molecular complexity index is 1450. The maximum Gasteiger partial charge on any atom is 0.186 e. The van der Waals surface area contributed by atoms with Crippen molar-refractivity contribution in [1.29, 1.82) is 0 Å². The molecule has 20 atom stereocenters. The highest BCUT2D eigenvalue weighted by Gasteiger charge is 2.72. The zero-order chi connectivity index (χ0) is 40.4. The molecule has 6 fully saturated rings. The Morgan fingerprint density at radius 1 is 0.636 bits per heavy atom. The minimum absolute atomic E-state index is 0.0845.